The van der Waals surface area contributed by atoms with Gasteiger partial charge in [0.25, 0.3) is 5.91 Å². The van der Waals surface area contributed by atoms with Crippen molar-refractivity contribution in [2.24, 2.45) is 0 Å². The molecule has 7 nitrogen and oxygen atoms in total. The predicted molar refractivity (Wildman–Crippen MR) is 112 cm³/mol. The van der Waals surface area contributed by atoms with Gasteiger partial charge in [-0.1, -0.05) is 47.7 Å². The van der Waals surface area contributed by atoms with Gasteiger partial charge in [0.2, 0.25) is 0 Å². The Balaban J connectivity index is 1.40. The highest BCUT2D eigenvalue weighted by Gasteiger charge is 2.29. The third-order valence-electron chi connectivity index (χ3n) is 5.31. The molecule has 4 aromatic rings. The van der Waals surface area contributed by atoms with Crippen molar-refractivity contribution in [1.29, 1.82) is 0 Å². The number of hydrogen-bond donors (Lipinski definition) is 0. The zero-order valence-electron chi connectivity index (χ0n) is 16.6. The summed E-state index contributed by atoms with van der Waals surface area (Å²) >= 11 is 0. The highest BCUT2D eigenvalue weighted by molar-refractivity contribution is 5.92. The number of morpholine rings is 1. The molecule has 150 valence electrons. The molecule has 0 radical (unpaired) electrons. The third-order valence-corrected chi connectivity index (χ3v) is 5.31. The molecule has 4 heterocycles. The minimum absolute atomic E-state index is 0.0881. The van der Waals surface area contributed by atoms with Crippen molar-refractivity contribution < 1.29 is 9.53 Å². The summed E-state index contributed by atoms with van der Waals surface area (Å²) in [4.78, 5) is 19.0. The molecule has 7 heteroatoms. The van der Waals surface area contributed by atoms with E-state index < -0.39 is 0 Å². The van der Waals surface area contributed by atoms with Crippen molar-refractivity contribution in [1.82, 2.24) is 24.7 Å². The van der Waals surface area contributed by atoms with Crippen molar-refractivity contribution in [2.45, 2.75) is 13.0 Å². The zero-order chi connectivity index (χ0) is 20.5. The summed E-state index contributed by atoms with van der Waals surface area (Å²) < 4.78 is 7.72. The number of aromatic nitrogens is 4. The van der Waals surface area contributed by atoms with Gasteiger partial charge < -0.3 is 9.64 Å². The van der Waals surface area contributed by atoms with E-state index in [0.29, 0.717) is 25.4 Å². The number of aryl methyl sites for hydroxylation is 1. The second-order valence-electron chi connectivity index (χ2n) is 7.36. The molecular weight excluding hydrogens is 378 g/mol. The van der Waals surface area contributed by atoms with E-state index in [0.717, 1.165) is 28.0 Å². The summed E-state index contributed by atoms with van der Waals surface area (Å²) in [6.45, 7) is 3.28. The number of carbonyl (C=O) groups is 1. The van der Waals surface area contributed by atoms with E-state index in [4.69, 9.17) is 4.74 Å². The van der Waals surface area contributed by atoms with Gasteiger partial charge in [-0.15, -0.1) is 5.10 Å². The van der Waals surface area contributed by atoms with Gasteiger partial charge in [-0.3, -0.25) is 4.79 Å². The topological polar surface area (TPSA) is 72.6 Å². The summed E-state index contributed by atoms with van der Waals surface area (Å²) in [7, 11) is 0. The normalized spacial score (nSPS) is 16.7. The summed E-state index contributed by atoms with van der Waals surface area (Å²) in [5.74, 6) is -0.0881. The van der Waals surface area contributed by atoms with Gasteiger partial charge in [0.1, 0.15) is 17.5 Å². The number of pyridine rings is 2. The maximum absolute atomic E-state index is 12.9. The third kappa shape index (κ3) is 3.44. The van der Waals surface area contributed by atoms with E-state index in [1.165, 1.54) is 0 Å². The molecule has 0 saturated carbocycles. The maximum atomic E-state index is 12.9. The minimum Gasteiger partial charge on any atom is -0.368 e. The molecule has 1 fully saturated rings. The van der Waals surface area contributed by atoms with E-state index in [-0.39, 0.29) is 12.0 Å². The van der Waals surface area contributed by atoms with Crippen LogP contribution >= 0.6 is 0 Å². The molecule has 1 saturated heterocycles. The summed E-state index contributed by atoms with van der Waals surface area (Å²) in [5, 5.41) is 8.66. The zero-order valence-corrected chi connectivity index (χ0v) is 16.6. The monoisotopic (exact) mass is 399 g/mol. The van der Waals surface area contributed by atoms with Crippen molar-refractivity contribution in [2.75, 3.05) is 19.7 Å². The van der Waals surface area contributed by atoms with Crippen LogP contribution in [0.2, 0.25) is 0 Å². The molecule has 30 heavy (non-hydrogen) atoms. The number of benzene rings is 1. The second-order valence-corrected chi connectivity index (χ2v) is 7.36. The number of ether oxygens (including phenoxy) is 1. The van der Waals surface area contributed by atoms with Gasteiger partial charge in [-0.05, 0) is 30.7 Å². The molecular formula is C23H21N5O2. The Labute approximate surface area is 173 Å². The van der Waals surface area contributed by atoms with Crippen molar-refractivity contribution in [3.8, 4) is 11.1 Å². The van der Waals surface area contributed by atoms with Crippen LogP contribution in [0.4, 0.5) is 0 Å². The molecule has 0 N–H and O–H groups in total. The fraction of sp³-hybridized carbons (Fsp3) is 0.217. The molecule has 0 aliphatic carbocycles. The first-order chi connectivity index (χ1) is 14.7. The number of carbonyl (C=O) groups excluding carboxylic acids is 1. The summed E-state index contributed by atoms with van der Waals surface area (Å²) in [5.41, 5.74) is 5.08. The number of nitrogens with zero attached hydrogens (tertiary/aromatic N) is 5. The molecule has 1 aliphatic rings. The van der Waals surface area contributed by atoms with Crippen LogP contribution < -0.4 is 0 Å². The van der Waals surface area contributed by atoms with Crippen LogP contribution in [0.5, 0.6) is 0 Å². The standard InChI is InChI=1S/C23H21N5O2/c1-16-6-5-9-19(24-16)23(29)27-12-13-30-21(15-27)22-20-11-10-18(14-28(20)26-25-22)17-7-3-2-4-8-17/h2-11,14,21H,12-13,15H2,1H3/t21-/m1/s1. The van der Waals surface area contributed by atoms with Crippen LogP contribution in [0.25, 0.3) is 16.6 Å². The molecule has 0 unspecified atom stereocenters. The second kappa shape index (κ2) is 7.68. The SMILES string of the molecule is Cc1cccc(C(=O)N2CCO[C@@H](c3nnn4cc(-c5ccccc5)ccc34)C2)n1. The van der Waals surface area contributed by atoms with E-state index in [2.05, 4.69) is 33.5 Å². The van der Waals surface area contributed by atoms with Gasteiger partial charge in [-0.25, -0.2) is 9.50 Å². The lowest BCUT2D eigenvalue weighted by Gasteiger charge is -2.32. The average molecular weight is 399 g/mol. The van der Waals surface area contributed by atoms with Crippen LogP contribution in [-0.2, 0) is 4.74 Å². The Kier molecular flexibility index (Phi) is 4.72. The van der Waals surface area contributed by atoms with E-state index in [1.807, 2.05) is 49.5 Å². The van der Waals surface area contributed by atoms with Crippen molar-refractivity contribution in [3.63, 3.8) is 0 Å². The fourth-order valence-corrected chi connectivity index (χ4v) is 3.77. The molecule has 1 aliphatic heterocycles. The Morgan fingerprint density at radius 2 is 1.90 bits per heavy atom. The van der Waals surface area contributed by atoms with Crippen LogP contribution in [0.3, 0.4) is 0 Å². The quantitative estimate of drug-likeness (QED) is 0.528. The number of hydrogen-bond acceptors (Lipinski definition) is 5. The van der Waals surface area contributed by atoms with Crippen LogP contribution in [-0.4, -0.2) is 50.3 Å². The van der Waals surface area contributed by atoms with Crippen LogP contribution in [0, 0.1) is 6.92 Å². The van der Waals surface area contributed by atoms with Crippen LogP contribution in [0.15, 0.2) is 66.9 Å². The van der Waals surface area contributed by atoms with Crippen molar-refractivity contribution in [3.05, 3.63) is 83.9 Å². The lowest BCUT2D eigenvalue weighted by molar-refractivity contribution is -0.0243. The molecule has 5 rings (SSSR count). The first-order valence-electron chi connectivity index (χ1n) is 9.94. The number of fused-ring (bicyclic) bond motifs is 1. The Hall–Kier alpha value is -3.58. The molecule has 1 atom stereocenters. The molecule has 0 bridgehead atoms. The summed E-state index contributed by atoms with van der Waals surface area (Å²) in [6.07, 6.45) is 1.64. The van der Waals surface area contributed by atoms with Gasteiger partial charge in [0.05, 0.1) is 18.7 Å². The summed E-state index contributed by atoms with van der Waals surface area (Å²) in [6, 6.07) is 19.7. The van der Waals surface area contributed by atoms with Gasteiger partial charge in [0, 0.05) is 24.0 Å². The van der Waals surface area contributed by atoms with Gasteiger partial charge in [-0.2, -0.15) is 0 Å². The number of rotatable bonds is 3. The molecule has 0 spiro atoms. The fourth-order valence-electron chi connectivity index (χ4n) is 3.77. The highest BCUT2D eigenvalue weighted by atomic mass is 16.5. The molecule has 1 amide bonds. The molecule has 3 aromatic heterocycles. The average Bonchev–Trinajstić information content (AvgIpc) is 3.22. The van der Waals surface area contributed by atoms with E-state index in [1.54, 1.807) is 15.5 Å². The Bertz CT molecular complexity index is 1200. The first-order valence-corrected chi connectivity index (χ1v) is 9.94. The Morgan fingerprint density at radius 3 is 2.73 bits per heavy atom. The Morgan fingerprint density at radius 1 is 1.03 bits per heavy atom. The lowest BCUT2D eigenvalue weighted by atomic mass is 10.1. The predicted octanol–water partition coefficient (Wildman–Crippen LogP) is 3.31. The lowest BCUT2D eigenvalue weighted by Crippen LogP contribution is -2.42. The van der Waals surface area contributed by atoms with Crippen LogP contribution in [0.1, 0.15) is 28.0 Å². The smallest absolute Gasteiger partial charge is 0.272 e. The van der Waals surface area contributed by atoms with Gasteiger partial charge in [0.15, 0.2) is 0 Å². The van der Waals surface area contributed by atoms with Gasteiger partial charge >= 0.3 is 0 Å². The largest absolute Gasteiger partial charge is 0.368 e. The molecule has 1 aromatic carbocycles. The van der Waals surface area contributed by atoms with E-state index in [9.17, 15) is 4.79 Å². The maximum Gasteiger partial charge on any atom is 0.272 e. The van der Waals surface area contributed by atoms with Crippen molar-refractivity contribution >= 4 is 11.4 Å². The highest BCUT2D eigenvalue weighted by Crippen LogP contribution is 2.27. The minimum atomic E-state index is -0.326. The number of amides is 1. The first kappa shape index (κ1) is 18.4. The van der Waals surface area contributed by atoms with E-state index >= 15 is 0 Å².